The summed E-state index contributed by atoms with van der Waals surface area (Å²) in [6.45, 7) is 2.12. The Balaban J connectivity index is 1.21. The standard InChI is InChI=1S/C28H26N4O8S/c1-18-9-10-25(40-18)24-16-22(21-7-2-3-8-23(21)29-24)28(35)39-17-26(33)30-31-27(34)19-5-4-6-20(15-19)41(36,37)32-11-13-38-14-12-32/h2-10,15-16H,11-14,17H2,1H3,(H,30,33)(H,31,34). The van der Waals surface area contributed by atoms with Gasteiger partial charge in [0.2, 0.25) is 10.0 Å². The molecule has 0 atom stereocenters. The van der Waals surface area contributed by atoms with Gasteiger partial charge in [0.1, 0.15) is 11.5 Å². The first kappa shape index (κ1) is 28.0. The van der Waals surface area contributed by atoms with Crippen molar-refractivity contribution in [3.05, 3.63) is 83.6 Å². The molecule has 3 heterocycles. The van der Waals surface area contributed by atoms with Gasteiger partial charge in [-0.2, -0.15) is 4.31 Å². The molecule has 1 aliphatic heterocycles. The molecule has 1 saturated heterocycles. The van der Waals surface area contributed by atoms with Gasteiger partial charge in [-0.05, 0) is 49.4 Å². The van der Waals surface area contributed by atoms with E-state index in [2.05, 4.69) is 15.8 Å². The van der Waals surface area contributed by atoms with Gasteiger partial charge in [-0.1, -0.05) is 24.3 Å². The molecule has 0 saturated carbocycles. The van der Waals surface area contributed by atoms with Gasteiger partial charge >= 0.3 is 5.97 Å². The molecule has 2 aromatic heterocycles. The summed E-state index contributed by atoms with van der Waals surface area (Å²) in [4.78, 5) is 42.4. The van der Waals surface area contributed by atoms with Crippen LogP contribution in [0.2, 0.25) is 0 Å². The van der Waals surface area contributed by atoms with Crippen LogP contribution in [0, 0.1) is 6.92 Å². The Kier molecular flexibility index (Phi) is 8.10. The van der Waals surface area contributed by atoms with Gasteiger partial charge in [0.25, 0.3) is 11.8 Å². The Labute approximate surface area is 235 Å². The number of aromatic nitrogens is 1. The van der Waals surface area contributed by atoms with Crippen LogP contribution in [0.5, 0.6) is 0 Å². The molecule has 41 heavy (non-hydrogen) atoms. The monoisotopic (exact) mass is 578 g/mol. The predicted octanol–water partition coefficient (Wildman–Crippen LogP) is 2.44. The summed E-state index contributed by atoms with van der Waals surface area (Å²) in [6, 6.07) is 17.5. The van der Waals surface area contributed by atoms with Crippen LogP contribution in [0.15, 0.2) is 76.0 Å². The first-order chi connectivity index (χ1) is 19.7. The van der Waals surface area contributed by atoms with E-state index in [0.29, 0.717) is 28.1 Å². The molecule has 0 radical (unpaired) electrons. The second kappa shape index (κ2) is 11.9. The van der Waals surface area contributed by atoms with Crippen LogP contribution in [0.4, 0.5) is 0 Å². The van der Waals surface area contributed by atoms with E-state index in [1.807, 2.05) is 0 Å². The smallest absolute Gasteiger partial charge is 0.339 e. The van der Waals surface area contributed by atoms with Gasteiger partial charge in [-0.25, -0.2) is 18.2 Å². The van der Waals surface area contributed by atoms with E-state index in [-0.39, 0.29) is 42.3 Å². The molecule has 0 bridgehead atoms. The molecule has 0 spiro atoms. The number of furan rings is 1. The van der Waals surface area contributed by atoms with Gasteiger partial charge in [0, 0.05) is 24.0 Å². The van der Waals surface area contributed by atoms with E-state index in [1.54, 1.807) is 43.3 Å². The van der Waals surface area contributed by atoms with E-state index in [9.17, 15) is 22.8 Å². The third-order valence-corrected chi connectivity index (χ3v) is 8.18. The zero-order valence-corrected chi connectivity index (χ0v) is 22.8. The summed E-state index contributed by atoms with van der Waals surface area (Å²) in [5.41, 5.74) is 5.54. The number of para-hydroxylation sites is 1. The fraction of sp³-hybridized carbons (Fsp3) is 0.214. The summed E-state index contributed by atoms with van der Waals surface area (Å²) in [6.07, 6.45) is 0. The quantitative estimate of drug-likeness (QED) is 0.248. The van der Waals surface area contributed by atoms with Crippen molar-refractivity contribution < 1.29 is 36.7 Å². The van der Waals surface area contributed by atoms with Crippen molar-refractivity contribution >= 4 is 38.7 Å². The summed E-state index contributed by atoms with van der Waals surface area (Å²) >= 11 is 0. The normalized spacial score (nSPS) is 14.0. The van der Waals surface area contributed by atoms with Crippen LogP contribution in [-0.2, 0) is 24.3 Å². The van der Waals surface area contributed by atoms with Crippen molar-refractivity contribution in [2.24, 2.45) is 0 Å². The minimum atomic E-state index is -3.81. The first-order valence-corrected chi connectivity index (χ1v) is 14.1. The number of hydrogen-bond donors (Lipinski definition) is 2. The molecule has 2 amide bonds. The SMILES string of the molecule is Cc1ccc(-c2cc(C(=O)OCC(=O)NNC(=O)c3cccc(S(=O)(=O)N4CCOCC4)c3)c3ccccc3n2)o1. The van der Waals surface area contributed by atoms with E-state index in [4.69, 9.17) is 13.9 Å². The number of esters is 1. The van der Waals surface area contributed by atoms with E-state index < -0.39 is 34.4 Å². The van der Waals surface area contributed by atoms with Crippen molar-refractivity contribution in [2.45, 2.75) is 11.8 Å². The zero-order chi connectivity index (χ0) is 29.0. The number of hydrazine groups is 1. The zero-order valence-electron chi connectivity index (χ0n) is 22.0. The van der Waals surface area contributed by atoms with Crippen LogP contribution in [-0.4, -0.2) is 68.4 Å². The number of hydrogen-bond acceptors (Lipinski definition) is 9. The molecule has 1 aliphatic rings. The number of ether oxygens (including phenoxy) is 2. The molecular formula is C28H26N4O8S. The third-order valence-electron chi connectivity index (χ3n) is 6.28. The average molecular weight is 579 g/mol. The highest BCUT2D eigenvalue weighted by atomic mass is 32.2. The van der Waals surface area contributed by atoms with Crippen molar-refractivity contribution in [1.82, 2.24) is 20.1 Å². The summed E-state index contributed by atoms with van der Waals surface area (Å²) < 4.78 is 43.1. The number of fused-ring (bicyclic) bond motifs is 1. The molecule has 2 aromatic carbocycles. The molecular weight excluding hydrogens is 552 g/mol. The number of rotatable bonds is 7. The van der Waals surface area contributed by atoms with Crippen LogP contribution >= 0.6 is 0 Å². The number of morpholine rings is 1. The van der Waals surface area contributed by atoms with Gasteiger partial charge in [-0.15, -0.1) is 0 Å². The number of aryl methyl sites for hydroxylation is 1. The van der Waals surface area contributed by atoms with Gasteiger partial charge < -0.3 is 13.9 Å². The van der Waals surface area contributed by atoms with Crippen molar-refractivity contribution in [1.29, 1.82) is 0 Å². The summed E-state index contributed by atoms with van der Waals surface area (Å²) in [5.74, 6) is -1.16. The van der Waals surface area contributed by atoms with E-state index in [1.165, 1.54) is 34.6 Å². The first-order valence-electron chi connectivity index (χ1n) is 12.6. The molecule has 212 valence electrons. The highest BCUT2D eigenvalue weighted by molar-refractivity contribution is 7.89. The molecule has 2 N–H and O–H groups in total. The third kappa shape index (κ3) is 6.27. The summed E-state index contributed by atoms with van der Waals surface area (Å²) in [7, 11) is -3.81. The van der Waals surface area contributed by atoms with Crippen molar-refractivity contribution in [3.8, 4) is 11.5 Å². The van der Waals surface area contributed by atoms with Gasteiger partial charge in [0.15, 0.2) is 12.4 Å². The minimum absolute atomic E-state index is 0.0144. The number of carbonyl (C=O) groups is 3. The maximum atomic E-state index is 13.0. The second-order valence-corrected chi connectivity index (χ2v) is 11.0. The number of nitrogens with one attached hydrogen (secondary N) is 2. The number of benzene rings is 2. The minimum Gasteiger partial charge on any atom is -0.460 e. The number of sulfonamides is 1. The number of carbonyl (C=O) groups excluding carboxylic acids is 3. The van der Waals surface area contributed by atoms with Crippen molar-refractivity contribution in [3.63, 3.8) is 0 Å². The number of nitrogens with zero attached hydrogens (tertiary/aromatic N) is 2. The van der Waals surface area contributed by atoms with Crippen LogP contribution in [0.25, 0.3) is 22.4 Å². The predicted molar refractivity (Wildman–Crippen MR) is 146 cm³/mol. The lowest BCUT2D eigenvalue weighted by atomic mass is 10.1. The highest BCUT2D eigenvalue weighted by Crippen LogP contribution is 2.26. The van der Waals surface area contributed by atoms with Gasteiger partial charge in [-0.3, -0.25) is 20.4 Å². The molecule has 5 rings (SSSR count). The lowest BCUT2D eigenvalue weighted by molar-refractivity contribution is -0.125. The number of pyridine rings is 1. The highest BCUT2D eigenvalue weighted by Gasteiger charge is 2.27. The molecule has 4 aromatic rings. The van der Waals surface area contributed by atoms with Crippen LogP contribution < -0.4 is 10.9 Å². The van der Waals surface area contributed by atoms with Gasteiger partial charge in [0.05, 0.1) is 29.2 Å². The number of amides is 2. The maximum absolute atomic E-state index is 13.0. The molecule has 12 nitrogen and oxygen atoms in total. The van der Waals surface area contributed by atoms with Crippen LogP contribution in [0.3, 0.4) is 0 Å². The Bertz CT molecular complexity index is 1730. The van der Waals surface area contributed by atoms with E-state index in [0.717, 1.165) is 0 Å². The fourth-order valence-corrected chi connectivity index (χ4v) is 5.67. The lowest BCUT2D eigenvalue weighted by Crippen LogP contribution is -2.43. The lowest BCUT2D eigenvalue weighted by Gasteiger charge is -2.26. The Morgan fingerprint density at radius 3 is 2.51 bits per heavy atom. The second-order valence-electron chi connectivity index (χ2n) is 9.11. The Morgan fingerprint density at radius 2 is 1.76 bits per heavy atom. The maximum Gasteiger partial charge on any atom is 0.339 e. The molecule has 0 aliphatic carbocycles. The van der Waals surface area contributed by atoms with Crippen LogP contribution in [0.1, 0.15) is 26.5 Å². The molecule has 1 fully saturated rings. The average Bonchev–Trinajstić information content (AvgIpc) is 3.44. The van der Waals surface area contributed by atoms with Crippen molar-refractivity contribution in [2.75, 3.05) is 32.9 Å². The topological polar surface area (TPSA) is 157 Å². The molecule has 0 unspecified atom stereocenters. The van der Waals surface area contributed by atoms with E-state index >= 15 is 0 Å². The summed E-state index contributed by atoms with van der Waals surface area (Å²) in [5, 5.41) is 0.533. The fourth-order valence-electron chi connectivity index (χ4n) is 4.22. The largest absolute Gasteiger partial charge is 0.460 e. The Hall–Kier alpha value is -4.59. The molecule has 13 heteroatoms. The Morgan fingerprint density at radius 1 is 0.976 bits per heavy atom.